The summed E-state index contributed by atoms with van der Waals surface area (Å²) >= 11 is 1.43. The van der Waals surface area contributed by atoms with E-state index in [9.17, 15) is 19.7 Å². The van der Waals surface area contributed by atoms with Crippen LogP contribution in [-0.2, 0) is 0 Å². The summed E-state index contributed by atoms with van der Waals surface area (Å²) in [5.41, 5.74) is 11.9. The van der Waals surface area contributed by atoms with Gasteiger partial charge in [-0.05, 0) is 35.9 Å². The summed E-state index contributed by atoms with van der Waals surface area (Å²) in [7, 11) is 0. The Labute approximate surface area is 163 Å². The molecule has 1 heterocycles. The van der Waals surface area contributed by atoms with Gasteiger partial charge < -0.3 is 16.5 Å². The first kappa shape index (κ1) is 19.0. The predicted octanol–water partition coefficient (Wildman–Crippen LogP) is 3.33. The van der Waals surface area contributed by atoms with Crippen LogP contribution in [0.1, 0.15) is 10.4 Å². The summed E-state index contributed by atoms with van der Waals surface area (Å²) in [4.78, 5) is 37.6. The summed E-state index contributed by atoms with van der Waals surface area (Å²) in [5, 5.41) is 13.1. The van der Waals surface area contributed by atoms with Crippen LogP contribution in [-0.4, -0.2) is 21.8 Å². The lowest BCUT2D eigenvalue weighted by atomic mass is 10.1. The number of nitrogens with two attached hydrogens (primary N) is 2. The second kappa shape index (κ2) is 7.84. The van der Waals surface area contributed by atoms with Gasteiger partial charge in [-0.2, -0.15) is 0 Å². The molecule has 0 atom stereocenters. The molecule has 9 nitrogen and oxygen atoms in total. The summed E-state index contributed by atoms with van der Waals surface area (Å²) < 4.78 is 0. The molecular weight excluding hydrogens is 382 g/mol. The maximum atomic E-state index is 11.6. The van der Waals surface area contributed by atoms with Gasteiger partial charge >= 0.3 is 6.03 Å². The van der Waals surface area contributed by atoms with Crippen molar-refractivity contribution in [3.63, 3.8) is 0 Å². The molecular formula is C18H15N5O4S. The number of carbonyl (C=O) groups is 2. The number of nitrogens with zero attached hydrogens (tertiary/aromatic N) is 1. The van der Waals surface area contributed by atoms with E-state index in [1.54, 1.807) is 12.1 Å². The minimum absolute atomic E-state index is 0.0259. The fraction of sp³-hybridized carbons (Fsp3) is 0. The van der Waals surface area contributed by atoms with E-state index >= 15 is 0 Å². The van der Waals surface area contributed by atoms with Crippen molar-refractivity contribution in [3.05, 3.63) is 70.3 Å². The molecule has 6 N–H and O–H groups in total. The van der Waals surface area contributed by atoms with Crippen molar-refractivity contribution in [2.45, 2.75) is 9.79 Å². The minimum atomic E-state index is -0.821. The Kier molecular flexibility index (Phi) is 5.32. The van der Waals surface area contributed by atoms with Crippen molar-refractivity contribution >= 4 is 35.2 Å². The first-order valence-corrected chi connectivity index (χ1v) is 8.77. The lowest BCUT2D eigenvalue weighted by Gasteiger charge is -2.05. The highest BCUT2D eigenvalue weighted by atomic mass is 32.2. The SMILES string of the molecule is NC(=O)Nc1[nH]c(-c2cccc(Sc3ccc([N+](=O)[O-])cc3)c2)cc1C(N)=O. The van der Waals surface area contributed by atoms with E-state index in [0.29, 0.717) is 5.69 Å². The molecule has 0 unspecified atom stereocenters. The summed E-state index contributed by atoms with van der Waals surface area (Å²) in [5.74, 6) is -0.578. The molecule has 142 valence electrons. The lowest BCUT2D eigenvalue weighted by Crippen LogP contribution is -2.22. The van der Waals surface area contributed by atoms with Gasteiger partial charge in [-0.15, -0.1) is 0 Å². The normalized spacial score (nSPS) is 10.4. The number of urea groups is 1. The van der Waals surface area contributed by atoms with E-state index in [0.717, 1.165) is 15.4 Å². The minimum Gasteiger partial charge on any atom is -0.365 e. The quantitative estimate of drug-likeness (QED) is 0.370. The Morgan fingerprint density at radius 3 is 2.36 bits per heavy atom. The van der Waals surface area contributed by atoms with Gasteiger partial charge in [-0.1, -0.05) is 23.9 Å². The van der Waals surface area contributed by atoms with Crippen LogP contribution in [0.5, 0.6) is 0 Å². The van der Waals surface area contributed by atoms with Crippen LogP contribution in [0, 0.1) is 10.1 Å². The Balaban J connectivity index is 1.88. The number of benzene rings is 2. The number of nitrogens with one attached hydrogen (secondary N) is 2. The Hall–Kier alpha value is -3.79. The number of rotatable bonds is 6. The first-order valence-electron chi connectivity index (χ1n) is 7.95. The molecule has 0 saturated heterocycles. The summed E-state index contributed by atoms with van der Waals surface area (Å²) in [6.07, 6.45) is 0. The molecule has 1 aromatic heterocycles. The predicted molar refractivity (Wildman–Crippen MR) is 105 cm³/mol. The van der Waals surface area contributed by atoms with Gasteiger partial charge in [-0.25, -0.2) is 4.79 Å². The molecule has 0 aliphatic heterocycles. The number of hydrogen-bond acceptors (Lipinski definition) is 5. The van der Waals surface area contributed by atoms with E-state index in [4.69, 9.17) is 11.5 Å². The van der Waals surface area contributed by atoms with Crippen molar-refractivity contribution in [1.29, 1.82) is 0 Å². The van der Waals surface area contributed by atoms with Gasteiger partial charge in [-0.3, -0.25) is 20.2 Å². The third-order valence-electron chi connectivity index (χ3n) is 3.76. The van der Waals surface area contributed by atoms with Crippen molar-refractivity contribution in [2.75, 3.05) is 5.32 Å². The van der Waals surface area contributed by atoms with E-state index in [-0.39, 0.29) is 17.1 Å². The lowest BCUT2D eigenvalue weighted by molar-refractivity contribution is -0.384. The average molecular weight is 397 g/mol. The molecule has 0 bridgehead atoms. The van der Waals surface area contributed by atoms with Gasteiger partial charge in [0.15, 0.2) is 0 Å². The Morgan fingerprint density at radius 2 is 1.75 bits per heavy atom. The van der Waals surface area contributed by atoms with E-state index in [2.05, 4.69) is 10.3 Å². The summed E-state index contributed by atoms with van der Waals surface area (Å²) in [6.45, 7) is 0. The number of primary amides is 2. The van der Waals surface area contributed by atoms with Gasteiger partial charge in [0.2, 0.25) is 0 Å². The highest BCUT2D eigenvalue weighted by Gasteiger charge is 2.15. The Bertz CT molecular complexity index is 1060. The van der Waals surface area contributed by atoms with Crippen LogP contribution in [0.15, 0.2) is 64.4 Å². The third-order valence-corrected chi connectivity index (χ3v) is 4.76. The number of carbonyl (C=O) groups excluding carboxylic acids is 2. The van der Waals surface area contributed by atoms with Gasteiger partial charge in [0.1, 0.15) is 5.82 Å². The fourth-order valence-corrected chi connectivity index (χ4v) is 3.40. The van der Waals surface area contributed by atoms with Crippen LogP contribution >= 0.6 is 11.8 Å². The highest BCUT2D eigenvalue weighted by molar-refractivity contribution is 7.99. The zero-order valence-corrected chi connectivity index (χ0v) is 15.2. The highest BCUT2D eigenvalue weighted by Crippen LogP contribution is 2.32. The number of hydrogen-bond donors (Lipinski definition) is 4. The molecule has 3 amide bonds. The van der Waals surface area contributed by atoms with Crippen LogP contribution in [0.3, 0.4) is 0 Å². The first-order chi connectivity index (χ1) is 13.3. The number of amides is 3. The van der Waals surface area contributed by atoms with Crippen LogP contribution < -0.4 is 16.8 Å². The molecule has 0 fully saturated rings. The molecule has 3 aromatic rings. The van der Waals surface area contributed by atoms with Crippen molar-refractivity contribution in [3.8, 4) is 11.3 Å². The molecule has 0 saturated carbocycles. The number of nitro benzene ring substituents is 1. The largest absolute Gasteiger partial charge is 0.365 e. The van der Waals surface area contributed by atoms with Crippen molar-refractivity contribution in [2.24, 2.45) is 11.5 Å². The van der Waals surface area contributed by atoms with Crippen LogP contribution in [0.25, 0.3) is 11.3 Å². The number of H-pyrrole nitrogens is 1. The second-order valence-electron chi connectivity index (χ2n) is 5.71. The maximum absolute atomic E-state index is 11.6. The third kappa shape index (κ3) is 4.30. The van der Waals surface area contributed by atoms with E-state index < -0.39 is 16.9 Å². The average Bonchev–Trinajstić information content (AvgIpc) is 3.06. The van der Waals surface area contributed by atoms with Crippen LogP contribution in [0.2, 0.25) is 0 Å². The topological polar surface area (TPSA) is 157 Å². The summed E-state index contributed by atoms with van der Waals surface area (Å²) in [6, 6.07) is 14.3. The number of aromatic nitrogens is 1. The molecule has 28 heavy (non-hydrogen) atoms. The maximum Gasteiger partial charge on any atom is 0.317 e. The standard InChI is InChI=1S/C18H15N5O4S/c19-16(24)14-9-15(21-17(14)22-18(20)25)10-2-1-3-13(8-10)28-12-6-4-11(5-7-12)23(26)27/h1-9,21H,(H2,19,24)(H3,20,22,25). The molecule has 0 radical (unpaired) electrons. The fourth-order valence-electron chi connectivity index (χ4n) is 2.53. The molecule has 10 heteroatoms. The molecule has 0 aliphatic carbocycles. The Morgan fingerprint density at radius 1 is 1.04 bits per heavy atom. The van der Waals surface area contributed by atoms with E-state index in [1.807, 2.05) is 24.3 Å². The van der Waals surface area contributed by atoms with Gasteiger partial charge in [0, 0.05) is 27.6 Å². The van der Waals surface area contributed by atoms with E-state index in [1.165, 1.54) is 30.0 Å². The van der Waals surface area contributed by atoms with Gasteiger partial charge in [0.25, 0.3) is 11.6 Å². The zero-order chi connectivity index (χ0) is 20.3. The van der Waals surface area contributed by atoms with Crippen LogP contribution in [0.4, 0.5) is 16.3 Å². The van der Waals surface area contributed by atoms with Crippen molar-refractivity contribution in [1.82, 2.24) is 4.98 Å². The number of anilines is 1. The number of aromatic amines is 1. The molecule has 0 aliphatic rings. The molecule has 0 spiro atoms. The number of nitro groups is 1. The molecule has 3 rings (SSSR count). The molecule has 2 aromatic carbocycles. The smallest absolute Gasteiger partial charge is 0.317 e. The van der Waals surface area contributed by atoms with Gasteiger partial charge in [0.05, 0.1) is 10.5 Å². The number of non-ortho nitro benzene ring substituents is 1. The monoisotopic (exact) mass is 397 g/mol. The second-order valence-corrected chi connectivity index (χ2v) is 6.85. The zero-order valence-electron chi connectivity index (χ0n) is 14.3. The van der Waals surface area contributed by atoms with Crippen molar-refractivity contribution < 1.29 is 14.5 Å².